The topological polar surface area (TPSA) is 52.6 Å². The molecule has 0 saturated heterocycles. The smallest absolute Gasteiger partial charge is 0.368 e. The Balaban J connectivity index is 4.83. The fourth-order valence-corrected chi connectivity index (χ4v) is 1.13. The van der Waals surface area contributed by atoms with Crippen molar-refractivity contribution in [1.29, 1.82) is 0 Å². The molecule has 0 rings (SSSR count). The highest BCUT2D eigenvalue weighted by molar-refractivity contribution is 6.44. The molecule has 80 valence electrons. The molecule has 0 aromatic rings. The molecule has 0 spiro atoms. The van der Waals surface area contributed by atoms with Crippen molar-refractivity contribution in [3.05, 3.63) is 10.6 Å². The molecule has 0 N–H and O–H groups in total. The van der Waals surface area contributed by atoms with E-state index in [0.717, 1.165) is 0 Å². The van der Waals surface area contributed by atoms with E-state index in [2.05, 4.69) is 9.03 Å². The lowest BCUT2D eigenvalue weighted by molar-refractivity contribution is -0.139. The average Bonchev–Trinajstić information content (AvgIpc) is 2.18. The van der Waals surface area contributed by atoms with Crippen molar-refractivity contribution in [2.45, 2.75) is 20.3 Å². The number of rotatable bonds is 4. The van der Waals surface area contributed by atoms with Crippen LogP contribution in [0.2, 0.25) is 0 Å². The molecule has 14 heavy (non-hydrogen) atoms. The van der Waals surface area contributed by atoms with Gasteiger partial charge in [0.2, 0.25) is 0 Å². The zero-order chi connectivity index (χ0) is 11.1. The van der Waals surface area contributed by atoms with Crippen molar-refractivity contribution >= 4 is 35.4 Å². The lowest BCUT2D eigenvalue weighted by atomic mass is 10.2. The van der Waals surface area contributed by atoms with E-state index in [-0.39, 0.29) is 23.6 Å². The molecule has 0 aromatic carbocycles. The van der Waals surface area contributed by atoms with Crippen LogP contribution in [-0.2, 0) is 18.6 Å². The molecule has 0 saturated carbocycles. The average molecular weight is 241 g/mol. The third-order valence-electron chi connectivity index (χ3n) is 1.39. The van der Waals surface area contributed by atoms with E-state index in [4.69, 9.17) is 23.5 Å². The Bertz CT molecular complexity index is 260. The summed E-state index contributed by atoms with van der Waals surface area (Å²) in [6, 6.07) is 0. The molecule has 0 bridgehead atoms. The van der Waals surface area contributed by atoms with E-state index < -0.39 is 11.9 Å². The Labute approximate surface area is 91.9 Å². The first-order valence-electron chi connectivity index (χ1n) is 3.97. The van der Waals surface area contributed by atoms with Crippen molar-refractivity contribution in [2.24, 2.45) is 0 Å². The molecule has 0 atom stereocenters. The van der Waals surface area contributed by atoms with Gasteiger partial charge in [-0.15, -0.1) is 0 Å². The summed E-state index contributed by atoms with van der Waals surface area (Å²) >= 11 is 10.4. The number of esters is 1. The van der Waals surface area contributed by atoms with Crippen LogP contribution < -0.4 is 0 Å². The number of carbonyl (C=O) groups is 2. The number of hydrogen-bond donors (Lipinski definition) is 0. The largest absolute Gasteiger partial charge is 0.463 e. The van der Waals surface area contributed by atoms with Crippen LogP contribution in [0, 0.1) is 0 Å². The molecule has 0 aliphatic heterocycles. The summed E-state index contributed by atoms with van der Waals surface area (Å²) < 4.78 is 8.54. The Morgan fingerprint density at radius 3 is 2.14 bits per heavy atom. The predicted molar refractivity (Wildman–Crippen MR) is 51.7 cm³/mol. The monoisotopic (exact) mass is 240 g/mol. The second-order valence-electron chi connectivity index (χ2n) is 2.23. The van der Waals surface area contributed by atoms with Crippen molar-refractivity contribution < 1.29 is 18.6 Å². The van der Waals surface area contributed by atoms with E-state index in [0.29, 0.717) is 0 Å². The SMILES string of the molecule is CCOC(=O)/C(CC)=C(/Cl)C(=O)OCl. The van der Waals surface area contributed by atoms with Gasteiger partial charge in [-0.3, -0.25) is 0 Å². The van der Waals surface area contributed by atoms with Gasteiger partial charge in [-0.1, -0.05) is 18.5 Å². The van der Waals surface area contributed by atoms with Gasteiger partial charge in [-0.25, -0.2) is 9.59 Å². The highest BCUT2D eigenvalue weighted by Crippen LogP contribution is 2.16. The lowest BCUT2D eigenvalue weighted by Gasteiger charge is -2.05. The Morgan fingerprint density at radius 2 is 1.79 bits per heavy atom. The molecule has 0 amide bonds. The van der Waals surface area contributed by atoms with Crippen LogP contribution in [-0.4, -0.2) is 18.5 Å². The van der Waals surface area contributed by atoms with Crippen LogP contribution in [0.3, 0.4) is 0 Å². The first kappa shape index (κ1) is 13.3. The van der Waals surface area contributed by atoms with Crippen LogP contribution in [0.25, 0.3) is 0 Å². The number of hydrogen-bond acceptors (Lipinski definition) is 4. The summed E-state index contributed by atoms with van der Waals surface area (Å²) in [5.74, 6) is -1.60. The second kappa shape index (κ2) is 6.68. The van der Waals surface area contributed by atoms with Crippen molar-refractivity contribution in [3.8, 4) is 0 Å². The summed E-state index contributed by atoms with van der Waals surface area (Å²) in [6.45, 7) is 3.53. The molecule has 0 aromatic heterocycles. The van der Waals surface area contributed by atoms with Crippen LogP contribution in [0.4, 0.5) is 0 Å². The highest BCUT2D eigenvalue weighted by Gasteiger charge is 2.19. The third kappa shape index (κ3) is 3.55. The van der Waals surface area contributed by atoms with Gasteiger partial charge in [-0.2, -0.15) is 0 Å². The first-order valence-corrected chi connectivity index (χ1v) is 4.65. The van der Waals surface area contributed by atoms with Gasteiger partial charge in [0.05, 0.1) is 12.2 Å². The molecule has 0 aliphatic rings. The van der Waals surface area contributed by atoms with Gasteiger partial charge in [-0.05, 0) is 13.3 Å². The minimum atomic E-state index is -0.960. The summed E-state index contributed by atoms with van der Waals surface area (Å²) in [7, 11) is 0. The zero-order valence-corrected chi connectivity index (χ0v) is 9.31. The minimum Gasteiger partial charge on any atom is -0.463 e. The van der Waals surface area contributed by atoms with Crippen LogP contribution in [0.5, 0.6) is 0 Å². The quantitative estimate of drug-likeness (QED) is 0.559. The number of ether oxygens (including phenoxy) is 1. The van der Waals surface area contributed by atoms with Gasteiger partial charge in [0.25, 0.3) is 0 Å². The maximum atomic E-state index is 11.2. The number of halogens is 2. The molecule has 0 aliphatic carbocycles. The fourth-order valence-electron chi connectivity index (χ4n) is 0.764. The Hall–Kier alpha value is -0.740. The van der Waals surface area contributed by atoms with Gasteiger partial charge in [0.1, 0.15) is 16.9 Å². The van der Waals surface area contributed by atoms with Crippen molar-refractivity contribution in [2.75, 3.05) is 6.61 Å². The summed E-state index contributed by atoms with van der Waals surface area (Å²) in [5, 5.41) is -0.346. The summed E-state index contributed by atoms with van der Waals surface area (Å²) in [5.41, 5.74) is 0.0548. The molecule has 0 unspecified atom stereocenters. The molecule has 6 heteroatoms. The zero-order valence-electron chi connectivity index (χ0n) is 7.80. The molecule has 0 radical (unpaired) electrons. The maximum Gasteiger partial charge on any atom is 0.368 e. The Kier molecular flexibility index (Phi) is 6.32. The first-order chi connectivity index (χ1) is 6.58. The maximum absolute atomic E-state index is 11.2. The standard InChI is InChI=1S/C8H10Cl2O4/c1-3-5(7(11)13-4-2)6(9)8(12)14-10/h3-4H2,1-2H3/b6-5+. The van der Waals surface area contributed by atoms with Crippen molar-refractivity contribution in [1.82, 2.24) is 0 Å². The van der Waals surface area contributed by atoms with E-state index in [1.165, 1.54) is 0 Å². The summed E-state index contributed by atoms with van der Waals surface area (Å²) in [4.78, 5) is 22.1. The van der Waals surface area contributed by atoms with E-state index >= 15 is 0 Å². The van der Waals surface area contributed by atoms with Gasteiger partial charge in [0, 0.05) is 0 Å². The van der Waals surface area contributed by atoms with Gasteiger partial charge >= 0.3 is 11.9 Å². The fraction of sp³-hybridized carbons (Fsp3) is 0.500. The number of carbonyl (C=O) groups excluding carboxylic acids is 2. The molecule has 0 fully saturated rings. The normalized spacial score (nSPS) is 11.7. The van der Waals surface area contributed by atoms with E-state index in [1.807, 2.05) is 0 Å². The van der Waals surface area contributed by atoms with E-state index in [9.17, 15) is 9.59 Å². The predicted octanol–water partition coefficient (Wildman–Crippen LogP) is 2.15. The highest BCUT2D eigenvalue weighted by atomic mass is 35.5. The summed E-state index contributed by atoms with van der Waals surface area (Å²) in [6.07, 6.45) is 0.268. The van der Waals surface area contributed by atoms with Crippen molar-refractivity contribution in [3.63, 3.8) is 0 Å². The van der Waals surface area contributed by atoms with E-state index in [1.54, 1.807) is 13.8 Å². The van der Waals surface area contributed by atoms with Crippen LogP contribution in [0.1, 0.15) is 20.3 Å². The lowest BCUT2D eigenvalue weighted by Crippen LogP contribution is -2.12. The Morgan fingerprint density at radius 1 is 1.21 bits per heavy atom. The van der Waals surface area contributed by atoms with Gasteiger partial charge in [0.15, 0.2) is 0 Å². The molecular weight excluding hydrogens is 231 g/mol. The van der Waals surface area contributed by atoms with Crippen LogP contribution >= 0.6 is 23.5 Å². The molecular formula is C8H10Cl2O4. The molecule has 0 heterocycles. The minimum absolute atomic E-state index is 0.0548. The molecule has 4 nitrogen and oxygen atoms in total. The second-order valence-corrected chi connectivity index (χ2v) is 2.76. The third-order valence-corrected chi connectivity index (χ3v) is 1.91. The van der Waals surface area contributed by atoms with Gasteiger partial charge < -0.3 is 9.03 Å². The van der Waals surface area contributed by atoms with Crippen LogP contribution in [0.15, 0.2) is 10.6 Å².